The number of carbonyl (C=O) groups excluding carboxylic acids is 2. The van der Waals surface area contributed by atoms with Crippen LogP contribution in [-0.4, -0.2) is 54.9 Å². The second-order valence-corrected chi connectivity index (χ2v) is 7.89. The number of hydrogen-bond acceptors (Lipinski definition) is 6. The Kier molecular flexibility index (Phi) is 4.82. The number of hydrogen-bond donors (Lipinski definition) is 2. The molecular weight excluding hydrogens is 404 g/mol. The first-order chi connectivity index (χ1) is 13.4. The van der Waals surface area contributed by atoms with Crippen LogP contribution in [0.25, 0.3) is 16.7 Å². The van der Waals surface area contributed by atoms with E-state index in [2.05, 4.69) is 20.4 Å². The van der Waals surface area contributed by atoms with Crippen LogP contribution in [0.5, 0.6) is 0 Å². The summed E-state index contributed by atoms with van der Waals surface area (Å²) in [7, 11) is 0. The average molecular weight is 419 g/mol. The molecule has 1 aliphatic rings. The van der Waals surface area contributed by atoms with Gasteiger partial charge in [0.1, 0.15) is 5.39 Å². The van der Waals surface area contributed by atoms with Crippen LogP contribution in [0.15, 0.2) is 40.4 Å². The van der Waals surface area contributed by atoms with Gasteiger partial charge in [0.25, 0.3) is 5.56 Å². The van der Waals surface area contributed by atoms with Gasteiger partial charge in [-0.3, -0.25) is 14.5 Å². The van der Waals surface area contributed by atoms with Crippen LogP contribution in [0.1, 0.15) is 6.92 Å². The number of rotatable bonds is 4. The number of H-pyrrole nitrogens is 1. The standard InChI is InChI=1S/C17H15ClN6O3S/c1-9(15(26)23-6-5-19-17(23)27)28-16-21-13-12(14(25)22-16)8-20-24(13)11-4-2-3-10(18)7-11/h2-4,7-9H,5-6H2,1H3,(H,19,27)(H,21,22,25)/t9-/m0/s1. The highest BCUT2D eigenvalue weighted by atomic mass is 35.5. The highest BCUT2D eigenvalue weighted by Crippen LogP contribution is 2.23. The molecule has 1 fully saturated rings. The van der Waals surface area contributed by atoms with E-state index >= 15 is 0 Å². The fourth-order valence-corrected chi connectivity index (χ4v) is 3.91. The van der Waals surface area contributed by atoms with E-state index in [0.29, 0.717) is 34.8 Å². The van der Waals surface area contributed by atoms with Crippen molar-refractivity contribution in [3.8, 4) is 5.69 Å². The Labute approximate surface area is 168 Å². The van der Waals surface area contributed by atoms with E-state index in [9.17, 15) is 14.4 Å². The molecule has 1 saturated heterocycles. The number of benzene rings is 1. The Bertz CT molecular complexity index is 1140. The largest absolute Gasteiger partial charge is 0.336 e. The molecule has 0 spiro atoms. The molecule has 0 unspecified atom stereocenters. The van der Waals surface area contributed by atoms with Gasteiger partial charge < -0.3 is 10.3 Å². The summed E-state index contributed by atoms with van der Waals surface area (Å²) < 4.78 is 1.51. The topological polar surface area (TPSA) is 113 Å². The molecule has 0 bridgehead atoms. The fourth-order valence-electron chi connectivity index (χ4n) is 2.87. The van der Waals surface area contributed by atoms with E-state index in [1.54, 1.807) is 31.2 Å². The Hall–Kier alpha value is -2.85. The van der Waals surface area contributed by atoms with Crippen LogP contribution in [0.2, 0.25) is 5.02 Å². The molecular formula is C17H15ClN6O3S. The molecule has 0 aliphatic carbocycles. The molecule has 28 heavy (non-hydrogen) atoms. The van der Waals surface area contributed by atoms with Crippen LogP contribution in [0.3, 0.4) is 0 Å². The summed E-state index contributed by atoms with van der Waals surface area (Å²) in [6, 6.07) is 6.61. The van der Waals surface area contributed by atoms with Gasteiger partial charge in [0, 0.05) is 18.1 Å². The Morgan fingerprint density at radius 2 is 2.18 bits per heavy atom. The third-order valence-corrected chi connectivity index (χ3v) is 5.44. The van der Waals surface area contributed by atoms with E-state index in [0.717, 1.165) is 16.7 Å². The number of thioether (sulfide) groups is 1. The minimum atomic E-state index is -0.605. The third kappa shape index (κ3) is 3.36. The first-order valence-electron chi connectivity index (χ1n) is 8.44. The van der Waals surface area contributed by atoms with Gasteiger partial charge in [-0.1, -0.05) is 29.4 Å². The summed E-state index contributed by atoms with van der Waals surface area (Å²) in [5.41, 5.74) is 0.654. The molecule has 0 radical (unpaired) electrons. The lowest BCUT2D eigenvalue weighted by Crippen LogP contribution is -2.39. The van der Waals surface area contributed by atoms with Crippen molar-refractivity contribution in [3.63, 3.8) is 0 Å². The van der Waals surface area contributed by atoms with Crippen molar-refractivity contribution in [1.29, 1.82) is 0 Å². The minimum absolute atomic E-state index is 0.265. The number of halogens is 1. The Balaban J connectivity index is 1.67. The van der Waals surface area contributed by atoms with Gasteiger partial charge in [-0.25, -0.2) is 14.5 Å². The molecule has 1 aliphatic heterocycles. The maximum atomic E-state index is 12.5. The number of nitrogens with one attached hydrogen (secondary N) is 2. The molecule has 3 heterocycles. The normalized spacial score (nSPS) is 15.1. The van der Waals surface area contributed by atoms with Gasteiger partial charge in [0.05, 0.1) is 17.1 Å². The van der Waals surface area contributed by atoms with Crippen LogP contribution >= 0.6 is 23.4 Å². The predicted octanol–water partition coefficient (Wildman–Crippen LogP) is 1.79. The number of imide groups is 1. The van der Waals surface area contributed by atoms with Crippen LogP contribution in [0.4, 0.5) is 4.79 Å². The average Bonchev–Trinajstić information content (AvgIpc) is 3.27. The summed E-state index contributed by atoms with van der Waals surface area (Å²) in [6.45, 7) is 2.42. The van der Waals surface area contributed by atoms with Gasteiger partial charge in [-0.15, -0.1) is 0 Å². The van der Waals surface area contributed by atoms with E-state index in [1.807, 2.05) is 0 Å². The lowest BCUT2D eigenvalue weighted by Gasteiger charge is -2.16. The van der Waals surface area contributed by atoms with E-state index < -0.39 is 11.3 Å². The molecule has 144 valence electrons. The smallest absolute Gasteiger partial charge is 0.324 e. The molecule has 1 atom stereocenters. The zero-order valence-electron chi connectivity index (χ0n) is 14.7. The van der Waals surface area contributed by atoms with Crippen molar-refractivity contribution < 1.29 is 9.59 Å². The van der Waals surface area contributed by atoms with Crippen LogP contribution in [-0.2, 0) is 4.79 Å². The van der Waals surface area contributed by atoms with Crippen LogP contribution in [0, 0.1) is 0 Å². The lowest BCUT2D eigenvalue weighted by molar-refractivity contribution is -0.126. The highest BCUT2D eigenvalue weighted by Gasteiger charge is 2.30. The number of aromatic amines is 1. The van der Waals surface area contributed by atoms with Crippen molar-refractivity contribution in [2.45, 2.75) is 17.3 Å². The summed E-state index contributed by atoms with van der Waals surface area (Å²) in [6.07, 6.45) is 1.43. The lowest BCUT2D eigenvalue weighted by atomic mass is 10.3. The summed E-state index contributed by atoms with van der Waals surface area (Å²) in [5, 5.41) is 7.34. The second kappa shape index (κ2) is 7.28. The zero-order valence-corrected chi connectivity index (χ0v) is 16.3. The van der Waals surface area contributed by atoms with Gasteiger partial charge in [0.15, 0.2) is 10.8 Å². The number of fused-ring (bicyclic) bond motifs is 1. The third-order valence-electron chi connectivity index (χ3n) is 4.23. The monoisotopic (exact) mass is 418 g/mol. The van der Waals surface area contributed by atoms with E-state index in [1.165, 1.54) is 10.9 Å². The summed E-state index contributed by atoms with van der Waals surface area (Å²) >= 11 is 7.12. The number of urea groups is 1. The van der Waals surface area contributed by atoms with Gasteiger partial charge in [-0.05, 0) is 25.1 Å². The van der Waals surface area contributed by atoms with Gasteiger partial charge >= 0.3 is 6.03 Å². The second-order valence-electron chi connectivity index (χ2n) is 6.13. The molecule has 9 nitrogen and oxygen atoms in total. The highest BCUT2D eigenvalue weighted by molar-refractivity contribution is 8.00. The molecule has 11 heteroatoms. The summed E-state index contributed by atoms with van der Waals surface area (Å²) in [4.78, 5) is 44.9. The number of carbonyl (C=O) groups is 2. The molecule has 3 amide bonds. The van der Waals surface area contributed by atoms with Crippen molar-refractivity contribution in [3.05, 3.63) is 45.8 Å². The maximum absolute atomic E-state index is 12.5. The first-order valence-corrected chi connectivity index (χ1v) is 9.69. The fraction of sp³-hybridized carbons (Fsp3) is 0.235. The molecule has 4 rings (SSSR count). The minimum Gasteiger partial charge on any atom is -0.336 e. The van der Waals surface area contributed by atoms with Crippen molar-refractivity contribution in [1.82, 2.24) is 30.0 Å². The van der Waals surface area contributed by atoms with Gasteiger partial charge in [-0.2, -0.15) is 5.10 Å². The quantitative estimate of drug-likeness (QED) is 0.493. The van der Waals surface area contributed by atoms with Gasteiger partial charge in [0.2, 0.25) is 5.91 Å². The molecule has 1 aromatic carbocycles. The van der Waals surface area contributed by atoms with Crippen molar-refractivity contribution in [2.24, 2.45) is 0 Å². The van der Waals surface area contributed by atoms with E-state index in [-0.39, 0.29) is 16.6 Å². The number of amides is 3. The van der Waals surface area contributed by atoms with Crippen LogP contribution < -0.4 is 10.9 Å². The molecule has 2 aromatic heterocycles. The molecule has 0 saturated carbocycles. The molecule has 3 aromatic rings. The summed E-state index contributed by atoms with van der Waals surface area (Å²) in [5.74, 6) is -0.342. The molecule has 2 N–H and O–H groups in total. The maximum Gasteiger partial charge on any atom is 0.324 e. The predicted molar refractivity (Wildman–Crippen MR) is 105 cm³/mol. The zero-order chi connectivity index (χ0) is 19.8. The SMILES string of the molecule is C[C@H](Sc1nc2c(cnn2-c2cccc(Cl)c2)c(=O)[nH]1)C(=O)N1CCNC1=O. The van der Waals surface area contributed by atoms with E-state index in [4.69, 9.17) is 11.6 Å². The van der Waals surface area contributed by atoms with Crippen molar-refractivity contribution >= 4 is 46.3 Å². The Morgan fingerprint density at radius 3 is 2.89 bits per heavy atom. The number of aromatic nitrogens is 4. The Morgan fingerprint density at radius 1 is 1.36 bits per heavy atom. The van der Waals surface area contributed by atoms with Crippen molar-refractivity contribution in [2.75, 3.05) is 13.1 Å². The number of nitrogens with zero attached hydrogens (tertiary/aromatic N) is 4. The first kappa shape index (κ1) is 18.5.